The van der Waals surface area contributed by atoms with Gasteiger partial charge in [-0.3, -0.25) is 4.79 Å². The molecule has 0 saturated heterocycles. The maximum Gasteiger partial charge on any atom is 0.337 e. The Morgan fingerprint density at radius 2 is 1.78 bits per heavy atom. The van der Waals surface area contributed by atoms with E-state index >= 15 is 0 Å². The number of fused-ring (bicyclic) bond motifs is 1. The number of carbonyl (C=O) groups is 1. The molecule has 0 saturated carbocycles. The lowest BCUT2D eigenvalue weighted by molar-refractivity contribution is 0.0600. The summed E-state index contributed by atoms with van der Waals surface area (Å²) in [6.45, 7) is 4.30. The van der Waals surface area contributed by atoms with E-state index in [9.17, 15) is 9.59 Å². The number of methoxy groups -OCH3 is 2. The number of pyridine rings is 1. The fourth-order valence-corrected chi connectivity index (χ4v) is 3.83. The van der Waals surface area contributed by atoms with Crippen molar-refractivity contribution < 1.29 is 19.0 Å². The highest BCUT2D eigenvalue weighted by Crippen LogP contribution is 2.39. The molecule has 0 N–H and O–H groups in total. The van der Waals surface area contributed by atoms with Crippen LogP contribution in [0.5, 0.6) is 11.5 Å². The summed E-state index contributed by atoms with van der Waals surface area (Å²) in [5.41, 5.74) is 2.61. The minimum absolute atomic E-state index is 0.123. The van der Waals surface area contributed by atoms with Gasteiger partial charge >= 0.3 is 5.97 Å². The third kappa shape index (κ3) is 4.17. The van der Waals surface area contributed by atoms with Gasteiger partial charge in [0.05, 0.1) is 26.3 Å². The predicted molar refractivity (Wildman–Crippen MR) is 122 cm³/mol. The Balaban J connectivity index is 1.79. The molecule has 0 unspecified atom stereocenters. The fourth-order valence-electron chi connectivity index (χ4n) is 3.83. The van der Waals surface area contributed by atoms with Crippen LogP contribution < -0.4 is 15.0 Å². The van der Waals surface area contributed by atoms with Crippen LogP contribution in [0.25, 0.3) is 5.57 Å². The average Bonchev–Trinajstić information content (AvgIpc) is 2.79. The molecule has 6 heteroatoms. The molecule has 1 aromatic heterocycles. The zero-order valence-corrected chi connectivity index (χ0v) is 18.5. The van der Waals surface area contributed by atoms with Crippen LogP contribution in [0.15, 0.2) is 71.7 Å². The summed E-state index contributed by atoms with van der Waals surface area (Å²) in [6, 6.07) is 16.4. The van der Waals surface area contributed by atoms with Gasteiger partial charge in [0, 0.05) is 17.3 Å². The lowest BCUT2D eigenvalue weighted by Crippen LogP contribution is -2.31. The zero-order valence-electron chi connectivity index (χ0n) is 18.5. The van der Waals surface area contributed by atoms with Gasteiger partial charge in [0.25, 0.3) is 5.56 Å². The van der Waals surface area contributed by atoms with Crippen LogP contribution in [0.1, 0.15) is 40.9 Å². The molecule has 0 amide bonds. The lowest BCUT2D eigenvalue weighted by Gasteiger charge is -2.31. The highest BCUT2D eigenvalue weighted by molar-refractivity contribution is 5.93. The zero-order chi connectivity index (χ0) is 22.9. The predicted octanol–water partition coefficient (Wildman–Crippen LogP) is 4.29. The first-order valence-electron chi connectivity index (χ1n) is 10.3. The van der Waals surface area contributed by atoms with Crippen molar-refractivity contribution in [3.63, 3.8) is 0 Å². The summed E-state index contributed by atoms with van der Waals surface area (Å²) in [5, 5.41) is 0. The SMILES string of the molecule is COC(=O)c1ccc2c(c1)C(c1cccn(Cc3ccc(OC)cc3)c1=O)=CC(C)(C)O2. The van der Waals surface area contributed by atoms with Gasteiger partial charge in [0.2, 0.25) is 0 Å². The van der Waals surface area contributed by atoms with Gasteiger partial charge in [-0.1, -0.05) is 12.1 Å². The minimum atomic E-state index is -0.613. The molecule has 2 aromatic carbocycles. The van der Waals surface area contributed by atoms with E-state index in [2.05, 4.69) is 0 Å². The smallest absolute Gasteiger partial charge is 0.337 e. The van der Waals surface area contributed by atoms with Crippen molar-refractivity contribution in [1.29, 1.82) is 0 Å². The summed E-state index contributed by atoms with van der Waals surface area (Å²) in [5.74, 6) is 0.939. The summed E-state index contributed by atoms with van der Waals surface area (Å²) in [6.07, 6.45) is 3.69. The average molecular weight is 431 g/mol. The minimum Gasteiger partial charge on any atom is -0.497 e. The van der Waals surface area contributed by atoms with E-state index in [0.717, 1.165) is 16.9 Å². The molecule has 0 atom stereocenters. The number of rotatable bonds is 5. The third-order valence-corrected chi connectivity index (χ3v) is 5.38. The first kappa shape index (κ1) is 21.4. The molecule has 4 rings (SSSR count). The summed E-state index contributed by atoms with van der Waals surface area (Å²) < 4.78 is 17.8. The third-order valence-electron chi connectivity index (χ3n) is 5.38. The highest BCUT2D eigenvalue weighted by atomic mass is 16.5. The second-order valence-electron chi connectivity index (χ2n) is 8.17. The molecule has 1 aliphatic heterocycles. The molecule has 1 aliphatic rings. The molecule has 2 heterocycles. The second-order valence-corrected chi connectivity index (χ2v) is 8.17. The number of carbonyl (C=O) groups excluding carboxylic acids is 1. The number of hydrogen-bond acceptors (Lipinski definition) is 5. The first-order chi connectivity index (χ1) is 15.3. The van der Waals surface area contributed by atoms with Crippen LogP contribution in [0.4, 0.5) is 0 Å². The number of esters is 1. The van der Waals surface area contributed by atoms with Gasteiger partial charge in [-0.05, 0) is 73.5 Å². The van der Waals surface area contributed by atoms with Crippen molar-refractivity contribution in [2.75, 3.05) is 14.2 Å². The second kappa shape index (κ2) is 8.38. The molecular formula is C26H25NO5. The Morgan fingerprint density at radius 1 is 1.03 bits per heavy atom. The fraction of sp³-hybridized carbons (Fsp3) is 0.231. The van der Waals surface area contributed by atoms with Crippen molar-refractivity contribution in [3.05, 3.63) is 99.5 Å². The summed E-state index contributed by atoms with van der Waals surface area (Å²) in [4.78, 5) is 25.5. The Bertz CT molecular complexity index is 1250. The molecule has 0 radical (unpaired) electrons. The number of ether oxygens (including phenoxy) is 3. The molecule has 3 aromatic rings. The van der Waals surface area contributed by atoms with E-state index in [4.69, 9.17) is 14.2 Å². The Hall–Kier alpha value is -3.80. The van der Waals surface area contributed by atoms with Crippen LogP contribution in [0.3, 0.4) is 0 Å². The van der Waals surface area contributed by atoms with Crippen LogP contribution >= 0.6 is 0 Å². The van der Waals surface area contributed by atoms with Gasteiger partial charge in [0.1, 0.15) is 17.1 Å². The van der Waals surface area contributed by atoms with Gasteiger partial charge in [0.15, 0.2) is 0 Å². The first-order valence-corrected chi connectivity index (χ1v) is 10.3. The Kier molecular flexibility index (Phi) is 5.61. The highest BCUT2D eigenvalue weighted by Gasteiger charge is 2.29. The molecule has 6 nitrogen and oxygen atoms in total. The van der Waals surface area contributed by atoms with E-state index in [1.165, 1.54) is 7.11 Å². The van der Waals surface area contributed by atoms with Gasteiger partial charge < -0.3 is 18.8 Å². The maximum atomic E-state index is 13.5. The van der Waals surface area contributed by atoms with E-state index in [1.54, 1.807) is 42.1 Å². The molecule has 0 spiro atoms. The largest absolute Gasteiger partial charge is 0.497 e. The summed E-state index contributed by atoms with van der Waals surface area (Å²) >= 11 is 0. The van der Waals surface area contributed by atoms with Gasteiger partial charge in [-0.15, -0.1) is 0 Å². The van der Waals surface area contributed by atoms with Crippen molar-refractivity contribution in [3.8, 4) is 11.5 Å². The van der Waals surface area contributed by atoms with E-state index < -0.39 is 11.6 Å². The monoisotopic (exact) mass is 431 g/mol. The van der Waals surface area contributed by atoms with Crippen molar-refractivity contribution in [2.24, 2.45) is 0 Å². The van der Waals surface area contributed by atoms with Gasteiger partial charge in [-0.25, -0.2) is 4.79 Å². The summed E-state index contributed by atoms with van der Waals surface area (Å²) in [7, 11) is 2.96. The lowest BCUT2D eigenvalue weighted by atomic mass is 9.89. The van der Waals surface area contributed by atoms with E-state index in [-0.39, 0.29) is 5.56 Å². The number of aromatic nitrogens is 1. The molecule has 0 bridgehead atoms. The molecular weight excluding hydrogens is 406 g/mol. The van der Waals surface area contributed by atoms with Crippen LogP contribution in [0.2, 0.25) is 0 Å². The normalized spacial score (nSPS) is 14.1. The number of nitrogens with zero attached hydrogens (tertiary/aromatic N) is 1. The Morgan fingerprint density at radius 3 is 2.47 bits per heavy atom. The standard InChI is InChI=1S/C26H25NO5/c1-26(2)15-22(21-14-18(25(29)31-4)9-12-23(21)32-26)20-6-5-13-27(24(20)28)16-17-7-10-19(30-3)11-8-17/h5-15H,16H2,1-4H3. The van der Waals surface area contributed by atoms with Crippen LogP contribution in [-0.4, -0.2) is 30.4 Å². The maximum absolute atomic E-state index is 13.5. The van der Waals surface area contributed by atoms with Crippen molar-refractivity contribution in [1.82, 2.24) is 4.57 Å². The van der Waals surface area contributed by atoms with Crippen LogP contribution in [0, 0.1) is 0 Å². The van der Waals surface area contributed by atoms with Crippen LogP contribution in [-0.2, 0) is 11.3 Å². The van der Waals surface area contributed by atoms with E-state index in [0.29, 0.717) is 29.0 Å². The topological polar surface area (TPSA) is 66.8 Å². The number of hydrogen-bond donors (Lipinski definition) is 0. The van der Waals surface area contributed by atoms with Crippen molar-refractivity contribution in [2.45, 2.75) is 26.0 Å². The van der Waals surface area contributed by atoms with E-state index in [1.807, 2.05) is 50.3 Å². The molecule has 164 valence electrons. The quantitative estimate of drug-likeness (QED) is 0.564. The molecule has 32 heavy (non-hydrogen) atoms. The molecule has 0 fully saturated rings. The van der Waals surface area contributed by atoms with Crippen molar-refractivity contribution >= 4 is 11.5 Å². The number of benzene rings is 2. The Labute approximate surface area is 186 Å². The molecule has 0 aliphatic carbocycles. The van der Waals surface area contributed by atoms with Gasteiger partial charge in [-0.2, -0.15) is 0 Å².